The normalized spacial score (nSPS) is 20.6. The number of aliphatic hydroxyl groups is 1. The van der Waals surface area contributed by atoms with Gasteiger partial charge in [0.2, 0.25) is 0 Å². The highest BCUT2D eigenvalue weighted by Crippen LogP contribution is 2.14. The van der Waals surface area contributed by atoms with Gasteiger partial charge in [-0.15, -0.1) is 0 Å². The summed E-state index contributed by atoms with van der Waals surface area (Å²) in [5, 5.41) is 9.45. The van der Waals surface area contributed by atoms with E-state index in [4.69, 9.17) is 4.74 Å². The van der Waals surface area contributed by atoms with E-state index in [0.29, 0.717) is 18.8 Å². The molecule has 86 valence electrons. The molecule has 1 fully saturated rings. The number of carbonyl (C=O) groups excluding carboxylic acids is 1. The summed E-state index contributed by atoms with van der Waals surface area (Å²) in [5.41, 5.74) is 0. The van der Waals surface area contributed by atoms with Crippen LogP contribution < -0.4 is 4.74 Å². The van der Waals surface area contributed by atoms with Crippen molar-refractivity contribution in [1.29, 1.82) is 0 Å². The first-order valence-electron chi connectivity index (χ1n) is 5.45. The van der Waals surface area contributed by atoms with Crippen LogP contribution in [0.2, 0.25) is 0 Å². The molecule has 4 nitrogen and oxygen atoms in total. The average molecular weight is 221 g/mol. The zero-order valence-corrected chi connectivity index (χ0v) is 9.00. The van der Waals surface area contributed by atoms with E-state index in [9.17, 15) is 9.90 Å². The minimum absolute atomic E-state index is 0.367. The Morgan fingerprint density at radius 2 is 2.12 bits per heavy atom. The Hall–Kier alpha value is -1.55. The first-order chi connectivity index (χ1) is 7.75. The molecular weight excluding hydrogens is 206 g/mol. The maximum Gasteiger partial charge on any atom is 0.415 e. The van der Waals surface area contributed by atoms with Crippen molar-refractivity contribution in [2.24, 2.45) is 0 Å². The Morgan fingerprint density at radius 1 is 1.38 bits per heavy atom. The number of ether oxygens (including phenoxy) is 1. The van der Waals surface area contributed by atoms with Crippen LogP contribution >= 0.6 is 0 Å². The predicted molar refractivity (Wildman–Crippen MR) is 59.3 cm³/mol. The van der Waals surface area contributed by atoms with Gasteiger partial charge >= 0.3 is 6.09 Å². The Kier molecular flexibility index (Phi) is 3.41. The van der Waals surface area contributed by atoms with Crippen LogP contribution in [0.3, 0.4) is 0 Å². The lowest BCUT2D eigenvalue weighted by Gasteiger charge is -2.29. The standard InChI is InChI=1S/C12H15NO3/c14-10-5-4-8-13(9-10)12(15)16-11-6-2-1-3-7-11/h1-3,6-7,10,14H,4-5,8-9H2/t10-/m0/s1. The maximum atomic E-state index is 11.7. The average Bonchev–Trinajstić information content (AvgIpc) is 2.30. The largest absolute Gasteiger partial charge is 0.415 e. The maximum absolute atomic E-state index is 11.7. The van der Waals surface area contributed by atoms with Crippen LogP contribution in [0.5, 0.6) is 5.75 Å². The summed E-state index contributed by atoms with van der Waals surface area (Å²) in [6.07, 6.45) is 0.780. The van der Waals surface area contributed by atoms with E-state index in [1.165, 1.54) is 0 Å². The molecule has 0 aromatic heterocycles. The summed E-state index contributed by atoms with van der Waals surface area (Å²) in [6.45, 7) is 1.02. The number of para-hydroxylation sites is 1. The lowest BCUT2D eigenvalue weighted by atomic mass is 10.1. The molecule has 1 aliphatic rings. The molecule has 2 rings (SSSR count). The zero-order valence-electron chi connectivity index (χ0n) is 9.00. The molecule has 1 N–H and O–H groups in total. The van der Waals surface area contributed by atoms with Crippen molar-refractivity contribution in [3.05, 3.63) is 30.3 Å². The summed E-state index contributed by atoms with van der Waals surface area (Å²) < 4.78 is 5.18. The van der Waals surface area contributed by atoms with Gasteiger partial charge in [0.1, 0.15) is 5.75 Å². The third-order valence-corrected chi connectivity index (χ3v) is 2.60. The first kappa shape index (κ1) is 11.0. The number of hydrogen-bond acceptors (Lipinski definition) is 3. The Morgan fingerprint density at radius 3 is 2.81 bits per heavy atom. The van der Waals surface area contributed by atoms with Crippen molar-refractivity contribution in [3.63, 3.8) is 0 Å². The molecule has 0 aliphatic carbocycles. The summed E-state index contributed by atoms with van der Waals surface area (Å²) in [4.78, 5) is 13.2. The molecule has 1 atom stereocenters. The van der Waals surface area contributed by atoms with Gasteiger partial charge in [0.15, 0.2) is 0 Å². The van der Waals surface area contributed by atoms with Crippen molar-refractivity contribution in [2.75, 3.05) is 13.1 Å². The van der Waals surface area contributed by atoms with Crippen LogP contribution in [0.1, 0.15) is 12.8 Å². The number of nitrogens with zero attached hydrogens (tertiary/aromatic N) is 1. The number of benzene rings is 1. The molecule has 1 aromatic carbocycles. The van der Waals surface area contributed by atoms with E-state index >= 15 is 0 Å². The van der Waals surface area contributed by atoms with Crippen molar-refractivity contribution in [3.8, 4) is 5.75 Å². The molecule has 1 saturated heterocycles. The second-order valence-electron chi connectivity index (χ2n) is 3.92. The number of piperidine rings is 1. The van der Waals surface area contributed by atoms with Gasteiger partial charge < -0.3 is 14.7 Å². The molecule has 4 heteroatoms. The van der Waals surface area contributed by atoms with E-state index in [1.54, 1.807) is 17.0 Å². The van der Waals surface area contributed by atoms with Gasteiger partial charge in [-0.05, 0) is 25.0 Å². The fourth-order valence-corrected chi connectivity index (χ4v) is 1.77. The van der Waals surface area contributed by atoms with Crippen LogP contribution in [0.4, 0.5) is 4.79 Å². The molecule has 16 heavy (non-hydrogen) atoms. The lowest BCUT2D eigenvalue weighted by molar-refractivity contribution is 0.0691. The SMILES string of the molecule is O=C(Oc1ccccc1)N1CCC[C@H](O)C1. The second kappa shape index (κ2) is 4.99. The molecule has 0 radical (unpaired) electrons. The monoisotopic (exact) mass is 221 g/mol. The number of rotatable bonds is 1. The molecule has 1 aliphatic heterocycles. The molecule has 1 amide bonds. The van der Waals surface area contributed by atoms with E-state index in [2.05, 4.69) is 0 Å². The van der Waals surface area contributed by atoms with Gasteiger partial charge in [0.25, 0.3) is 0 Å². The van der Waals surface area contributed by atoms with Crippen molar-refractivity contribution in [2.45, 2.75) is 18.9 Å². The quantitative estimate of drug-likeness (QED) is 0.784. The van der Waals surface area contributed by atoms with Gasteiger partial charge in [-0.2, -0.15) is 0 Å². The number of carbonyl (C=O) groups is 1. The Balaban J connectivity index is 1.93. The van der Waals surface area contributed by atoms with Crippen LogP contribution in [-0.4, -0.2) is 35.3 Å². The van der Waals surface area contributed by atoms with Crippen molar-refractivity contribution in [1.82, 2.24) is 4.90 Å². The minimum atomic E-state index is -0.419. The summed E-state index contributed by atoms with van der Waals surface area (Å²) in [6, 6.07) is 8.96. The van der Waals surface area contributed by atoms with Gasteiger partial charge in [0.05, 0.1) is 6.10 Å². The molecule has 1 heterocycles. The highest BCUT2D eigenvalue weighted by atomic mass is 16.6. The number of aliphatic hydroxyl groups excluding tert-OH is 1. The van der Waals surface area contributed by atoms with Gasteiger partial charge in [-0.25, -0.2) is 4.79 Å². The fourth-order valence-electron chi connectivity index (χ4n) is 1.77. The van der Waals surface area contributed by atoms with Crippen LogP contribution in [0.25, 0.3) is 0 Å². The second-order valence-corrected chi connectivity index (χ2v) is 3.92. The van der Waals surface area contributed by atoms with E-state index in [0.717, 1.165) is 12.8 Å². The minimum Gasteiger partial charge on any atom is -0.410 e. The smallest absolute Gasteiger partial charge is 0.410 e. The third kappa shape index (κ3) is 2.73. The highest BCUT2D eigenvalue weighted by molar-refractivity contribution is 5.70. The summed E-state index contributed by atoms with van der Waals surface area (Å²) in [5.74, 6) is 0.535. The first-order valence-corrected chi connectivity index (χ1v) is 5.45. The van der Waals surface area contributed by atoms with Gasteiger partial charge in [-0.3, -0.25) is 0 Å². The van der Waals surface area contributed by atoms with Gasteiger partial charge in [0, 0.05) is 13.1 Å². The predicted octanol–water partition coefficient (Wildman–Crippen LogP) is 1.64. The number of hydrogen-bond donors (Lipinski definition) is 1. The van der Waals surface area contributed by atoms with E-state index in [-0.39, 0.29) is 6.09 Å². The van der Waals surface area contributed by atoms with Crippen molar-refractivity contribution >= 4 is 6.09 Å². The number of β-amino-alcohol motifs (C(OH)–C–C–N with tert-alkyl or cyclic N) is 1. The van der Waals surface area contributed by atoms with Crippen LogP contribution in [0, 0.1) is 0 Å². The lowest BCUT2D eigenvalue weighted by Crippen LogP contribution is -2.43. The molecule has 0 bridgehead atoms. The van der Waals surface area contributed by atoms with Crippen LogP contribution in [-0.2, 0) is 0 Å². The van der Waals surface area contributed by atoms with Crippen LogP contribution in [0.15, 0.2) is 30.3 Å². The van der Waals surface area contributed by atoms with Crippen molar-refractivity contribution < 1.29 is 14.6 Å². The molecule has 0 spiro atoms. The zero-order chi connectivity index (χ0) is 11.4. The molecular formula is C12H15NO3. The Labute approximate surface area is 94.4 Å². The third-order valence-electron chi connectivity index (χ3n) is 2.60. The fraction of sp³-hybridized carbons (Fsp3) is 0.417. The van der Waals surface area contributed by atoms with Gasteiger partial charge in [-0.1, -0.05) is 18.2 Å². The number of amides is 1. The van der Waals surface area contributed by atoms with E-state index < -0.39 is 6.10 Å². The Bertz CT molecular complexity index is 353. The highest BCUT2D eigenvalue weighted by Gasteiger charge is 2.23. The molecule has 0 saturated carbocycles. The number of likely N-dealkylation sites (tertiary alicyclic amines) is 1. The molecule has 1 aromatic rings. The summed E-state index contributed by atoms with van der Waals surface area (Å²) >= 11 is 0. The molecule has 0 unspecified atom stereocenters. The van der Waals surface area contributed by atoms with E-state index in [1.807, 2.05) is 18.2 Å². The summed E-state index contributed by atoms with van der Waals surface area (Å²) in [7, 11) is 0. The topological polar surface area (TPSA) is 49.8 Å².